The Hall–Kier alpha value is -2.32. The Morgan fingerprint density at radius 1 is 1.21 bits per heavy atom. The molecule has 1 N–H and O–H groups in total. The molecule has 0 bridgehead atoms. The predicted octanol–water partition coefficient (Wildman–Crippen LogP) is 2.97. The molecule has 3 fully saturated rings. The third-order valence-electron chi connectivity index (χ3n) is 4.42. The number of amides is 2. The number of hydrogen-bond donors (Lipinski definition) is 1. The van der Waals surface area contributed by atoms with E-state index in [1.165, 1.54) is 24.9 Å². The fourth-order valence-corrected chi connectivity index (χ4v) is 3.78. The van der Waals surface area contributed by atoms with Crippen LogP contribution in [0.2, 0.25) is 0 Å². The number of nitrogens with zero attached hydrogens (tertiary/aromatic N) is 2. The minimum atomic E-state index is -0.439. The summed E-state index contributed by atoms with van der Waals surface area (Å²) in [4.78, 5) is 43.2. The van der Waals surface area contributed by atoms with E-state index in [0.717, 1.165) is 30.9 Å². The zero-order chi connectivity index (χ0) is 19.0. The van der Waals surface area contributed by atoms with Gasteiger partial charge in [-0.2, -0.15) is 0 Å². The third kappa shape index (κ3) is 4.56. The average molecular weight is 422 g/mol. The Balaban J connectivity index is 0.00000225. The van der Waals surface area contributed by atoms with Gasteiger partial charge >= 0.3 is 5.97 Å². The molecule has 3 aliphatic rings. The van der Waals surface area contributed by atoms with Gasteiger partial charge in [0.25, 0.3) is 5.91 Å². The molecule has 1 aliphatic heterocycles. The Morgan fingerprint density at radius 3 is 2.46 bits per heavy atom. The van der Waals surface area contributed by atoms with Crippen LogP contribution in [-0.2, 0) is 14.3 Å². The summed E-state index contributed by atoms with van der Waals surface area (Å²) < 4.78 is 4.64. The summed E-state index contributed by atoms with van der Waals surface area (Å²) in [7, 11) is 1.31. The normalized spacial score (nSPS) is 21.6. The first-order valence-electron chi connectivity index (χ1n) is 8.85. The van der Waals surface area contributed by atoms with Crippen LogP contribution in [0.5, 0.6) is 0 Å². The van der Waals surface area contributed by atoms with E-state index in [4.69, 9.17) is 0 Å². The molecule has 7 nitrogen and oxygen atoms in total. The van der Waals surface area contributed by atoms with Crippen LogP contribution < -0.4 is 5.32 Å². The maximum atomic E-state index is 12.7. The van der Waals surface area contributed by atoms with Crippen LogP contribution in [0.15, 0.2) is 40.2 Å². The van der Waals surface area contributed by atoms with E-state index >= 15 is 0 Å². The second-order valence-corrected chi connectivity index (χ2v) is 7.73. The molecule has 9 heteroatoms. The molecule has 148 valence electrons. The van der Waals surface area contributed by atoms with Gasteiger partial charge in [-0.1, -0.05) is 0 Å². The van der Waals surface area contributed by atoms with Crippen molar-refractivity contribution in [2.24, 2.45) is 4.99 Å². The predicted molar refractivity (Wildman–Crippen MR) is 110 cm³/mol. The molecule has 4 rings (SSSR count). The minimum absolute atomic E-state index is 0. The first-order valence-corrected chi connectivity index (χ1v) is 9.67. The molecule has 2 amide bonds. The lowest BCUT2D eigenvalue weighted by molar-refractivity contribution is -0.123. The highest BCUT2D eigenvalue weighted by atomic mass is 35.5. The standard InChI is InChI=1S/C19H19N3O4S.ClH/c1-26-18(25)11-2-4-12(5-3-11)20-16(23)10-15-17(24)22(14-8-9-14)19(27-15)21-13-6-7-13;/h2-5,10,13-14H,6-9H2,1H3,(H,20,23);1H. The second kappa shape index (κ2) is 8.36. The molecule has 0 spiro atoms. The van der Waals surface area contributed by atoms with Crippen molar-refractivity contribution in [1.82, 2.24) is 4.90 Å². The van der Waals surface area contributed by atoms with E-state index in [1.807, 2.05) is 0 Å². The Morgan fingerprint density at radius 2 is 1.89 bits per heavy atom. The van der Waals surface area contributed by atoms with E-state index in [0.29, 0.717) is 22.2 Å². The number of benzene rings is 1. The van der Waals surface area contributed by atoms with E-state index in [-0.39, 0.29) is 30.3 Å². The number of nitrogens with one attached hydrogen (secondary N) is 1. The number of ether oxygens (including phenoxy) is 1. The van der Waals surface area contributed by atoms with Gasteiger partial charge in [0.15, 0.2) is 5.17 Å². The maximum absolute atomic E-state index is 12.7. The molecule has 0 aromatic heterocycles. The highest BCUT2D eigenvalue weighted by molar-refractivity contribution is 8.18. The number of amidine groups is 1. The number of anilines is 1. The van der Waals surface area contributed by atoms with Crippen molar-refractivity contribution in [1.29, 1.82) is 0 Å². The number of methoxy groups -OCH3 is 1. The van der Waals surface area contributed by atoms with Crippen LogP contribution in [-0.4, -0.2) is 47.0 Å². The van der Waals surface area contributed by atoms with Crippen LogP contribution in [0.3, 0.4) is 0 Å². The number of carbonyl (C=O) groups excluding carboxylic acids is 3. The number of thioether (sulfide) groups is 1. The summed E-state index contributed by atoms with van der Waals surface area (Å²) in [5.41, 5.74) is 0.933. The van der Waals surface area contributed by atoms with Gasteiger partial charge in [0.2, 0.25) is 5.91 Å². The summed E-state index contributed by atoms with van der Waals surface area (Å²) in [5.74, 6) is -0.969. The van der Waals surface area contributed by atoms with Crippen molar-refractivity contribution in [2.75, 3.05) is 12.4 Å². The number of esters is 1. The topological polar surface area (TPSA) is 88.1 Å². The van der Waals surface area contributed by atoms with E-state index in [2.05, 4.69) is 15.0 Å². The SMILES string of the molecule is COC(=O)c1ccc(NC(=O)C=C2SC(=NC3CC3)N(C3CC3)C2=O)cc1.Cl. The first kappa shape index (κ1) is 20.4. The number of halogens is 1. The molecule has 0 unspecified atom stereocenters. The number of aliphatic imine (C=N–C) groups is 1. The Labute approximate surface area is 173 Å². The van der Waals surface area contributed by atoms with Crippen LogP contribution >= 0.6 is 24.2 Å². The fourth-order valence-electron chi connectivity index (χ4n) is 2.70. The summed E-state index contributed by atoms with van der Waals surface area (Å²) in [5, 5.41) is 3.44. The highest BCUT2D eigenvalue weighted by Gasteiger charge is 2.43. The zero-order valence-electron chi connectivity index (χ0n) is 15.2. The quantitative estimate of drug-likeness (QED) is 0.583. The van der Waals surface area contributed by atoms with Crippen molar-refractivity contribution >= 4 is 52.8 Å². The maximum Gasteiger partial charge on any atom is 0.337 e. The van der Waals surface area contributed by atoms with Crippen molar-refractivity contribution < 1.29 is 19.1 Å². The summed E-state index contributed by atoms with van der Waals surface area (Å²) >= 11 is 1.28. The molecular formula is C19H20ClN3O4S. The minimum Gasteiger partial charge on any atom is -0.465 e. The van der Waals surface area contributed by atoms with Crippen molar-refractivity contribution in [2.45, 2.75) is 37.8 Å². The van der Waals surface area contributed by atoms with Crippen molar-refractivity contribution in [3.63, 3.8) is 0 Å². The Kier molecular flexibility index (Phi) is 6.10. The largest absolute Gasteiger partial charge is 0.465 e. The summed E-state index contributed by atoms with van der Waals surface area (Å²) in [6.45, 7) is 0. The lowest BCUT2D eigenvalue weighted by atomic mass is 10.2. The van der Waals surface area contributed by atoms with E-state index in [9.17, 15) is 14.4 Å². The van der Waals surface area contributed by atoms with Crippen molar-refractivity contribution in [3.8, 4) is 0 Å². The lowest BCUT2D eigenvalue weighted by Crippen LogP contribution is -2.31. The van der Waals surface area contributed by atoms with Gasteiger partial charge < -0.3 is 10.1 Å². The summed E-state index contributed by atoms with van der Waals surface area (Å²) in [6, 6.07) is 6.91. The molecular weight excluding hydrogens is 402 g/mol. The molecule has 2 saturated carbocycles. The van der Waals surface area contributed by atoms with Gasteiger partial charge in [-0.05, 0) is 61.7 Å². The van der Waals surface area contributed by atoms with Gasteiger partial charge in [-0.15, -0.1) is 12.4 Å². The molecule has 0 atom stereocenters. The Bertz CT molecular complexity index is 860. The summed E-state index contributed by atoms with van der Waals surface area (Å²) in [6.07, 6.45) is 5.44. The molecule has 1 aromatic carbocycles. The molecule has 1 saturated heterocycles. The second-order valence-electron chi connectivity index (χ2n) is 6.72. The number of hydrogen-bond acceptors (Lipinski definition) is 6. The van der Waals surface area contributed by atoms with E-state index < -0.39 is 5.97 Å². The van der Waals surface area contributed by atoms with E-state index in [1.54, 1.807) is 29.2 Å². The highest BCUT2D eigenvalue weighted by Crippen LogP contribution is 2.40. The van der Waals surface area contributed by atoms with Crippen LogP contribution in [0, 0.1) is 0 Å². The molecule has 2 aliphatic carbocycles. The first-order chi connectivity index (χ1) is 13.0. The molecule has 0 radical (unpaired) electrons. The van der Waals surface area contributed by atoms with Crippen LogP contribution in [0.25, 0.3) is 0 Å². The monoisotopic (exact) mass is 421 g/mol. The van der Waals surface area contributed by atoms with Crippen LogP contribution in [0.4, 0.5) is 5.69 Å². The van der Waals surface area contributed by atoms with Gasteiger partial charge in [0.1, 0.15) is 0 Å². The number of carbonyl (C=O) groups is 3. The third-order valence-corrected chi connectivity index (χ3v) is 5.42. The van der Waals surface area contributed by atoms with Gasteiger partial charge in [-0.25, -0.2) is 4.79 Å². The van der Waals surface area contributed by atoms with Gasteiger partial charge in [0.05, 0.1) is 23.6 Å². The average Bonchev–Trinajstić information content (AvgIpc) is 3.57. The molecule has 1 heterocycles. The fraction of sp³-hybridized carbons (Fsp3) is 0.368. The smallest absolute Gasteiger partial charge is 0.337 e. The zero-order valence-corrected chi connectivity index (χ0v) is 16.8. The molecule has 28 heavy (non-hydrogen) atoms. The van der Waals surface area contributed by atoms with Crippen molar-refractivity contribution in [3.05, 3.63) is 40.8 Å². The van der Waals surface area contributed by atoms with Gasteiger partial charge in [-0.3, -0.25) is 19.5 Å². The molecule has 1 aromatic rings. The number of rotatable bonds is 5. The van der Waals surface area contributed by atoms with Gasteiger partial charge in [0, 0.05) is 17.8 Å². The lowest BCUT2D eigenvalue weighted by Gasteiger charge is -2.13. The van der Waals surface area contributed by atoms with Crippen LogP contribution in [0.1, 0.15) is 36.0 Å².